The van der Waals surface area contributed by atoms with Crippen LogP contribution in [0.15, 0.2) is 65.6 Å². The van der Waals surface area contributed by atoms with Crippen LogP contribution >= 0.6 is 11.6 Å². The molecule has 9 nitrogen and oxygen atoms in total. The first-order valence-electron chi connectivity index (χ1n) is 11.1. The Hall–Kier alpha value is -3.28. The molecule has 12 heteroatoms. The van der Waals surface area contributed by atoms with Crippen molar-refractivity contribution >= 4 is 54.6 Å². The second kappa shape index (κ2) is 11.0. The fourth-order valence-corrected chi connectivity index (χ4v) is 6.12. The zero-order chi connectivity index (χ0) is 27.5. The van der Waals surface area contributed by atoms with Gasteiger partial charge in [-0.15, -0.1) is 0 Å². The third-order valence-corrected chi connectivity index (χ3v) is 8.37. The second-order valence-corrected chi connectivity index (χ2v) is 12.5. The minimum absolute atomic E-state index is 0.0329. The summed E-state index contributed by atoms with van der Waals surface area (Å²) in [4.78, 5) is 13.0. The van der Waals surface area contributed by atoms with E-state index in [1.807, 2.05) is 6.92 Å². The number of carbonyl (C=O) groups excluding carboxylic acids is 1. The van der Waals surface area contributed by atoms with Gasteiger partial charge in [-0.1, -0.05) is 23.7 Å². The number of halogens is 1. The summed E-state index contributed by atoms with van der Waals surface area (Å²) in [6.07, 6.45) is 1.01. The van der Waals surface area contributed by atoms with Gasteiger partial charge in [0.2, 0.25) is 15.9 Å². The van der Waals surface area contributed by atoms with Gasteiger partial charge in [-0.3, -0.25) is 13.8 Å². The summed E-state index contributed by atoms with van der Waals surface area (Å²) >= 11 is 6.07. The molecular formula is C25H28ClN3O6S2. The number of aryl methyl sites for hydroxylation is 2. The Balaban J connectivity index is 1.81. The van der Waals surface area contributed by atoms with Crippen LogP contribution in [0.4, 0.5) is 17.1 Å². The molecule has 37 heavy (non-hydrogen) atoms. The molecule has 0 bridgehead atoms. The van der Waals surface area contributed by atoms with Crippen LogP contribution in [0.25, 0.3) is 0 Å². The van der Waals surface area contributed by atoms with Crippen LogP contribution in [0, 0.1) is 13.8 Å². The number of nitrogens with one attached hydrogen (secondary N) is 2. The highest BCUT2D eigenvalue weighted by atomic mass is 35.5. The molecule has 0 fully saturated rings. The number of rotatable bonds is 9. The fraction of sp³-hybridized carbons (Fsp3) is 0.240. The number of benzene rings is 3. The number of anilines is 3. The molecule has 0 saturated carbocycles. The summed E-state index contributed by atoms with van der Waals surface area (Å²) < 4.78 is 59.7. The van der Waals surface area contributed by atoms with Gasteiger partial charge in [0.15, 0.2) is 0 Å². The predicted molar refractivity (Wildman–Crippen MR) is 147 cm³/mol. The highest BCUT2D eigenvalue weighted by Gasteiger charge is 2.30. The molecule has 3 rings (SSSR count). The lowest BCUT2D eigenvalue weighted by molar-refractivity contribution is -0.116. The third-order valence-electron chi connectivity index (χ3n) is 5.53. The van der Waals surface area contributed by atoms with Crippen LogP contribution in [0.3, 0.4) is 0 Å². The first-order valence-corrected chi connectivity index (χ1v) is 14.8. The van der Waals surface area contributed by atoms with E-state index in [9.17, 15) is 21.6 Å². The maximum Gasteiger partial charge on any atom is 0.262 e. The molecule has 1 amide bonds. The standard InChI is InChI=1S/C25H28ClN3O6S2/c1-16-6-13-24(35-4)22(14-16)28-37(33,34)21-11-9-20(10-12-21)27-25(30)18(3)29(36(5,31)32)23-15-19(26)8-7-17(23)2/h6-15,18,28H,1-5H3,(H,27,30)/t18-/m1/s1. The molecule has 0 aromatic heterocycles. The topological polar surface area (TPSA) is 122 Å². The summed E-state index contributed by atoms with van der Waals surface area (Å²) in [5.41, 5.74) is 2.35. The molecule has 2 N–H and O–H groups in total. The largest absolute Gasteiger partial charge is 0.495 e. The molecule has 0 heterocycles. The Labute approximate surface area is 222 Å². The monoisotopic (exact) mass is 565 g/mol. The minimum atomic E-state index is -3.94. The first-order chi connectivity index (χ1) is 17.2. The number of ether oxygens (including phenoxy) is 1. The number of hydrogen-bond acceptors (Lipinski definition) is 6. The van der Waals surface area contributed by atoms with Crippen molar-refractivity contribution in [2.45, 2.75) is 31.7 Å². The van der Waals surface area contributed by atoms with Crippen molar-refractivity contribution in [3.63, 3.8) is 0 Å². The average Bonchev–Trinajstić information content (AvgIpc) is 2.80. The molecule has 1 atom stereocenters. The van der Waals surface area contributed by atoms with Gasteiger partial charge in [0.25, 0.3) is 10.0 Å². The number of hydrogen-bond donors (Lipinski definition) is 2. The van der Waals surface area contributed by atoms with E-state index in [-0.39, 0.29) is 10.6 Å². The van der Waals surface area contributed by atoms with Gasteiger partial charge in [0.05, 0.1) is 29.6 Å². The maximum atomic E-state index is 13.0. The average molecular weight is 566 g/mol. The number of nitrogens with zero attached hydrogens (tertiary/aromatic N) is 1. The number of methoxy groups -OCH3 is 1. The van der Waals surface area contributed by atoms with Crippen LogP contribution in [-0.2, 0) is 24.8 Å². The smallest absolute Gasteiger partial charge is 0.262 e. The van der Waals surface area contributed by atoms with Crippen molar-refractivity contribution in [1.82, 2.24) is 0 Å². The van der Waals surface area contributed by atoms with Gasteiger partial charge < -0.3 is 10.1 Å². The summed E-state index contributed by atoms with van der Waals surface area (Å²) in [5.74, 6) is -0.236. The number of amides is 1. The Kier molecular flexibility index (Phi) is 8.41. The Bertz CT molecular complexity index is 1520. The zero-order valence-corrected chi connectivity index (χ0v) is 23.3. The molecule has 0 aliphatic rings. The van der Waals surface area contributed by atoms with Gasteiger partial charge in [0.1, 0.15) is 11.8 Å². The number of carbonyl (C=O) groups is 1. The van der Waals surface area contributed by atoms with E-state index in [0.717, 1.165) is 16.1 Å². The van der Waals surface area contributed by atoms with Crippen LogP contribution in [0.1, 0.15) is 18.1 Å². The summed E-state index contributed by atoms with van der Waals surface area (Å²) in [7, 11) is -6.34. The summed E-state index contributed by atoms with van der Waals surface area (Å²) in [5, 5.41) is 2.97. The highest BCUT2D eigenvalue weighted by molar-refractivity contribution is 7.92. The van der Waals surface area contributed by atoms with E-state index in [2.05, 4.69) is 10.0 Å². The molecule has 0 aliphatic carbocycles. The maximum absolute atomic E-state index is 13.0. The van der Waals surface area contributed by atoms with Crippen molar-refractivity contribution in [2.24, 2.45) is 0 Å². The van der Waals surface area contributed by atoms with Gasteiger partial charge in [0, 0.05) is 10.7 Å². The Morgan fingerprint density at radius 3 is 2.22 bits per heavy atom. The van der Waals surface area contributed by atoms with Crippen molar-refractivity contribution in [3.8, 4) is 5.75 Å². The second-order valence-electron chi connectivity index (χ2n) is 8.49. The van der Waals surface area contributed by atoms with Crippen LogP contribution in [0.2, 0.25) is 5.02 Å². The summed E-state index contributed by atoms with van der Waals surface area (Å²) in [6, 6.07) is 14.3. The fourth-order valence-electron chi connectivity index (χ4n) is 3.67. The van der Waals surface area contributed by atoms with Gasteiger partial charge in [-0.25, -0.2) is 16.8 Å². The molecule has 198 valence electrons. The molecule has 3 aromatic rings. The Morgan fingerprint density at radius 2 is 1.62 bits per heavy atom. The molecule has 0 spiro atoms. The van der Waals surface area contributed by atoms with Crippen molar-refractivity contribution in [2.75, 3.05) is 27.7 Å². The number of sulfonamides is 2. The molecule has 3 aromatic carbocycles. The summed E-state index contributed by atoms with van der Waals surface area (Å²) in [6.45, 7) is 5.00. The van der Waals surface area contributed by atoms with E-state index in [4.69, 9.17) is 16.3 Å². The lowest BCUT2D eigenvalue weighted by Gasteiger charge is -2.29. The van der Waals surface area contributed by atoms with Crippen molar-refractivity contribution < 1.29 is 26.4 Å². The van der Waals surface area contributed by atoms with Crippen LogP contribution in [-0.4, -0.2) is 42.2 Å². The van der Waals surface area contributed by atoms with Gasteiger partial charge in [-0.2, -0.15) is 0 Å². The van der Waals surface area contributed by atoms with Crippen LogP contribution < -0.4 is 19.1 Å². The molecule has 0 radical (unpaired) electrons. The Morgan fingerprint density at radius 1 is 0.973 bits per heavy atom. The van der Waals surface area contributed by atoms with Crippen LogP contribution in [0.5, 0.6) is 5.75 Å². The normalized spacial score (nSPS) is 12.5. The van der Waals surface area contributed by atoms with Crippen molar-refractivity contribution in [3.05, 3.63) is 76.8 Å². The first kappa shape index (κ1) is 28.3. The highest BCUT2D eigenvalue weighted by Crippen LogP contribution is 2.30. The van der Waals surface area contributed by atoms with E-state index in [1.165, 1.54) is 44.4 Å². The molecule has 0 aliphatic heterocycles. The molecular weight excluding hydrogens is 538 g/mol. The molecule has 0 unspecified atom stereocenters. The lowest BCUT2D eigenvalue weighted by Crippen LogP contribution is -2.45. The third kappa shape index (κ3) is 6.73. The quantitative estimate of drug-likeness (QED) is 0.392. The zero-order valence-electron chi connectivity index (χ0n) is 20.9. The van der Waals surface area contributed by atoms with Gasteiger partial charge >= 0.3 is 0 Å². The van der Waals surface area contributed by atoms with Crippen molar-refractivity contribution in [1.29, 1.82) is 0 Å². The van der Waals surface area contributed by atoms with E-state index in [1.54, 1.807) is 37.3 Å². The SMILES string of the molecule is COc1ccc(C)cc1NS(=O)(=O)c1ccc(NC(=O)[C@@H](C)N(c2cc(Cl)ccc2C)S(C)(=O)=O)cc1. The molecule has 0 saturated heterocycles. The predicted octanol–water partition coefficient (Wildman–Crippen LogP) is 4.56. The van der Waals surface area contributed by atoms with Gasteiger partial charge in [-0.05, 0) is 80.4 Å². The van der Waals surface area contributed by atoms with E-state index < -0.39 is 32.0 Å². The van der Waals surface area contributed by atoms with E-state index in [0.29, 0.717) is 27.7 Å². The van der Waals surface area contributed by atoms with E-state index >= 15 is 0 Å². The lowest BCUT2D eigenvalue weighted by atomic mass is 10.1. The minimum Gasteiger partial charge on any atom is -0.495 e.